The van der Waals surface area contributed by atoms with Crippen LogP contribution in [0.2, 0.25) is 5.02 Å². The van der Waals surface area contributed by atoms with Crippen molar-refractivity contribution in [3.05, 3.63) is 99.0 Å². The normalized spacial score (nSPS) is 25.1. The number of pyridine rings is 1. The number of benzene rings is 3. The molecule has 10 heteroatoms. The van der Waals surface area contributed by atoms with Crippen molar-refractivity contribution in [2.75, 3.05) is 18.6 Å². The molecule has 4 aromatic rings. The van der Waals surface area contributed by atoms with Gasteiger partial charge in [0.05, 0.1) is 46.4 Å². The molecule has 8 nitrogen and oxygen atoms in total. The van der Waals surface area contributed by atoms with Crippen molar-refractivity contribution >= 4 is 67.7 Å². The summed E-state index contributed by atoms with van der Waals surface area (Å²) >= 11 is 10.0. The molecular weight excluding hydrogens is 684 g/mol. The van der Waals surface area contributed by atoms with Crippen LogP contribution < -0.4 is 9.64 Å². The van der Waals surface area contributed by atoms with Crippen molar-refractivity contribution < 1.29 is 28.7 Å². The Morgan fingerprint density at radius 1 is 0.979 bits per heavy atom. The van der Waals surface area contributed by atoms with Gasteiger partial charge in [-0.3, -0.25) is 19.3 Å². The molecule has 3 aromatic carbocycles. The van der Waals surface area contributed by atoms with Gasteiger partial charge in [-0.25, -0.2) is 9.78 Å². The SMILES string of the molecule is COc1cccc(C(=O)COC(=O)c2cc(-c3ccc(N4C(=O)C5C6C=CC(C7CC67)C5C4=O)cc3)nc3c(C)c(Cl)c(Br)cc23)c1. The van der Waals surface area contributed by atoms with Crippen LogP contribution in [0.4, 0.5) is 5.69 Å². The average Bonchev–Trinajstić information content (AvgIpc) is 3.88. The third-order valence-corrected chi connectivity index (χ3v) is 11.6. The minimum Gasteiger partial charge on any atom is -0.497 e. The zero-order valence-corrected chi connectivity index (χ0v) is 27.7. The van der Waals surface area contributed by atoms with Gasteiger partial charge in [-0.15, -0.1) is 0 Å². The molecule has 0 N–H and O–H groups in total. The van der Waals surface area contributed by atoms with E-state index in [9.17, 15) is 19.2 Å². The molecule has 9 rings (SSSR count). The number of ether oxygens (including phenoxy) is 2. The number of amides is 2. The van der Waals surface area contributed by atoms with Crippen molar-refractivity contribution in [3.8, 4) is 17.0 Å². The van der Waals surface area contributed by atoms with E-state index in [4.69, 9.17) is 26.1 Å². The molecule has 47 heavy (non-hydrogen) atoms. The van der Waals surface area contributed by atoms with Gasteiger partial charge < -0.3 is 9.47 Å². The van der Waals surface area contributed by atoms with E-state index in [1.54, 1.807) is 60.7 Å². The van der Waals surface area contributed by atoms with Crippen molar-refractivity contribution in [3.63, 3.8) is 0 Å². The summed E-state index contributed by atoms with van der Waals surface area (Å²) in [6.07, 6.45) is 5.43. The van der Waals surface area contributed by atoms with Crippen LogP contribution in [0, 0.1) is 42.4 Å². The van der Waals surface area contributed by atoms with Crippen LogP contribution in [0.1, 0.15) is 32.7 Å². The third-order valence-electron chi connectivity index (χ3n) is 10.3. The molecule has 1 aromatic heterocycles. The van der Waals surface area contributed by atoms with E-state index >= 15 is 0 Å². The van der Waals surface area contributed by atoms with Gasteiger partial charge in [0.25, 0.3) is 0 Å². The first kappa shape index (κ1) is 30.0. The number of aryl methyl sites for hydroxylation is 1. The van der Waals surface area contributed by atoms with Crippen molar-refractivity contribution in [2.45, 2.75) is 13.3 Å². The molecular formula is C37H28BrClN2O6. The van der Waals surface area contributed by atoms with Crippen molar-refractivity contribution in [1.82, 2.24) is 4.98 Å². The number of nitrogens with zero attached hydrogens (tertiary/aromatic N) is 2. The molecule has 0 radical (unpaired) electrons. The van der Waals surface area contributed by atoms with Gasteiger partial charge >= 0.3 is 5.97 Å². The second-order valence-corrected chi connectivity index (χ2v) is 13.9. The van der Waals surface area contributed by atoms with Gasteiger partial charge in [-0.05, 0) is 94.9 Å². The number of hydrogen-bond donors (Lipinski definition) is 0. The van der Waals surface area contributed by atoms with Gasteiger partial charge in [-0.2, -0.15) is 0 Å². The molecule has 2 amide bonds. The Bertz CT molecular complexity index is 2040. The quantitative estimate of drug-likeness (QED) is 0.0863. The van der Waals surface area contributed by atoms with Crippen LogP contribution in [-0.4, -0.2) is 42.3 Å². The number of rotatable bonds is 7. The largest absolute Gasteiger partial charge is 0.497 e. The van der Waals surface area contributed by atoms with Crippen LogP contribution in [0.25, 0.3) is 22.2 Å². The lowest BCUT2D eigenvalue weighted by Crippen LogP contribution is -2.40. The number of allylic oxidation sites excluding steroid dienone is 2. The summed E-state index contributed by atoms with van der Waals surface area (Å²) in [7, 11) is 1.51. The maximum Gasteiger partial charge on any atom is 0.339 e. The Balaban J connectivity index is 1.10. The fraction of sp³-hybridized carbons (Fsp3) is 0.270. The molecule has 2 saturated carbocycles. The second-order valence-electron chi connectivity index (χ2n) is 12.7. The predicted octanol–water partition coefficient (Wildman–Crippen LogP) is 7.23. The first-order chi connectivity index (χ1) is 22.7. The first-order valence-electron chi connectivity index (χ1n) is 15.5. The van der Waals surface area contributed by atoms with E-state index in [1.165, 1.54) is 12.0 Å². The van der Waals surface area contributed by atoms with Crippen LogP contribution >= 0.6 is 27.5 Å². The summed E-state index contributed by atoms with van der Waals surface area (Å²) < 4.78 is 11.3. The number of Topliss-reactive ketones (excluding diaryl/α,β-unsaturated/α-hetero) is 1. The maximum absolute atomic E-state index is 13.6. The van der Waals surface area contributed by atoms with E-state index < -0.39 is 12.6 Å². The summed E-state index contributed by atoms with van der Waals surface area (Å²) in [5.74, 6) is 0.0114. The van der Waals surface area contributed by atoms with Gasteiger partial charge in [-0.1, -0.05) is 48.0 Å². The number of hydrogen-bond acceptors (Lipinski definition) is 7. The highest BCUT2D eigenvalue weighted by Crippen LogP contribution is 2.65. The summed E-state index contributed by atoms with van der Waals surface area (Å²) in [5.41, 5.74) is 3.38. The number of imide groups is 1. The highest BCUT2D eigenvalue weighted by atomic mass is 79.9. The number of esters is 1. The molecule has 1 saturated heterocycles. The predicted molar refractivity (Wildman–Crippen MR) is 179 cm³/mol. The summed E-state index contributed by atoms with van der Waals surface area (Å²) in [6.45, 7) is 1.35. The molecule has 3 fully saturated rings. The number of methoxy groups -OCH3 is 1. The van der Waals surface area contributed by atoms with E-state index in [0.717, 1.165) is 6.42 Å². The molecule has 2 heterocycles. The van der Waals surface area contributed by atoms with E-state index in [-0.39, 0.29) is 46.8 Å². The number of ketones is 1. The fourth-order valence-electron chi connectivity index (χ4n) is 7.86. The average molecular weight is 712 g/mol. The number of carbonyl (C=O) groups excluding carboxylic acids is 4. The molecule has 5 aliphatic rings. The standard InChI is InChI=1S/C37H28BrClN2O6/c1-17-33(39)28(38)14-26-27(37(45)47-16-30(42)19-4-3-5-21(12-19)46-2)15-29(40-34(17)26)18-6-8-20(9-7-18)41-35(43)31-22-10-11-23(25-13-24(22)25)32(31)36(41)44/h3-12,14-15,22-25,31-32H,13,16H2,1-2H3. The van der Waals surface area contributed by atoms with Gasteiger partial charge in [0.1, 0.15) is 5.75 Å². The Labute approximate surface area is 283 Å². The zero-order valence-electron chi connectivity index (χ0n) is 25.4. The topological polar surface area (TPSA) is 103 Å². The molecule has 4 aliphatic carbocycles. The Morgan fingerprint density at radius 2 is 1.66 bits per heavy atom. The Hall–Kier alpha value is -4.34. The molecule has 0 spiro atoms. The highest BCUT2D eigenvalue weighted by Gasteiger charge is 2.67. The smallest absolute Gasteiger partial charge is 0.339 e. The number of anilines is 1. The molecule has 1 aliphatic heterocycles. The third kappa shape index (κ3) is 4.73. The number of halogens is 2. The summed E-state index contributed by atoms with van der Waals surface area (Å²) in [4.78, 5) is 59.9. The fourth-order valence-corrected chi connectivity index (χ4v) is 8.53. The monoisotopic (exact) mass is 710 g/mol. The zero-order chi connectivity index (χ0) is 32.7. The van der Waals surface area contributed by atoms with Gasteiger partial charge in [0, 0.05) is 21.0 Å². The molecule has 236 valence electrons. The lowest BCUT2D eigenvalue weighted by Gasteiger charge is -2.37. The van der Waals surface area contributed by atoms with Crippen LogP contribution in [0.5, 0.6) is 5.75 Å². The van der Waals surface area contributed by atoms with Crippen LogP contribution in [0.15, 0.2) is 77.3 Å². The Morgan fingerprint density at radius 3 is 2.32 bits per heavy atom. The summed E-state index contributed by atoms with van der Waals surface area (Å²) in [5, 5.41) is 0.966. The number of aromatic nitrogens is 1. The lowest BCUT2D eigenvalue weighted by atomic mass is 9.63. The lowest BCUT2D eigenvalue weighted by molar-refractivity contribution is -0.124. The summed E-state index contributed by atoms with van der Waals surface area (Å²) in [6, 6.07) is 17.0. The minimum absolute atomic E-state index is 0.120. The first-order valence-corrected chi connectivity index (χ1v) is 16.6. The maximum atomic E-state index is 13.6. The van der Waals surface area contributed by atoms with E-state index in [1.807, 2.05) is 6.92 Å². The molecule has 2 bridgehead atoms. The van der Waals surface area contributed by atoms with Gasteiger partial charge in [0.15, 0.2) is 12.4 Å². The van der Waals surface area contributed by atoms with Gasteiger partial charge in [0.2, 0.25) is 11.8 Å². The van der Waals surface area contributed by atoms with Crippen LogP contribution in [-0.2, 0) is 14.3 Å². The van der Waals surface area contributed by atoms with E-state index in [0.29, 0.717) is 66.1 Å². The van der Waals surface area contributed by atoms with Crippen molar-refractivity contribution in [2.24, 2.45) is 35.5 Å². The second kappa shape index (κ2) is 11.1. The number of carbonyl (C=O) groups is 4. The highest BCUT2D eigenvalue weighted by molar-refractivity contribution is 9.10. The molecule has 6 atom stereocenters. The van der Waals surface area contributed by atoms with E-state index in [2.05, 4.69) is 28.1 Å². The Kier molecular flexibility index (Phi) is 7.11. The van der Waals surface area contributed by atoms with Crippen LogP contribution in [0.3, 0.4) is 0 Å². The minimum atomic E-state index is -0.697. The van der Waals surface area contributed by atoms with Crippen molar-refractivity contribution in [1.29, 1.82) is 0 Å². The number of fused-ring (bicyclic) bond motifs is 1. The molecule has 6 unspecified atom stereocenters.